The first kappa shape index (κ1) is 13.4. The number of carbonyl (C=O) groups is 1. The molecule has 1 aromatic carbocycles. The lowest BCUT2D eigenvalue weighted by molar-refractivity contribution is -0.121. The normalized spacial score (nSPS) is 10.8. The second-order valence-electron chi connectivity index (χ2n) is 4.16. The highest BCUT2D eigenvalue weighted by atomic mass is 16.4. The van der Waals surface area contributed by atoms with Crippen molar-refractivity contribution in [2.45, 2.75) is 19.4 Å². The third-order valence-corrected chi connectivity index (χ3v) is 2.79. The molecule has 0 unspecified atom stereocenters. The maximum atomic E-state index is 11.6. The molecular weight excluding hydrogens is 248 g/mol. The van der Waals surface area contributed by atoms with Crippen LogP contribution < -0.4 is 11.1 Å². The van der Waals surface area contributed by atoms with Crippen molar-refractivity contribution < 1.29 is 14.3 Å². The van der Waals surface area contributed by atoms with Crippen LogP contribution in [0.5, 0.6) is 0 Å². The number of benzene rings is 1. The SMILES string of the molecule is O=C(CCn1c(=O)oc2ccccc21)NCCCO. The lowest BCUT2D eigenvalue weighted by Gasteiger charge is -2.04. The summed E-state index contributed by atoms with van der Waals surface area (Å²) in [6.07, 6.45) is 0.731. The molecule has 2 aromatic rings. The molecule has 19 heavy (non-hydrogen) atoms. The summed E-state index contributed by atoms with van der Waals surface area (Å²) in [5, 5.41) is 11.3. The van der Waals surface area contributed by atoms with Crippen molar-refractivity contribution in [3.63, 3.8) is 0 Å². The zero-order valence-electron chi connectivity index (χ0n) is 10.5. The predicted molar refractivity (Wildman–Crippen MR) is 69.8 cm³/mol. The van der Waals surface area contributed by atoms with Crippen LogP contribution in [0.1, 0.15) is 12.8 Å². The summed E-state index contributed by atoms with van der Waals surface area (Å²) in [4.78, 5) is 23.2. The lowest BCUT2D eigenvalue weighted by atomic mass is 10.3. The van der Waals surface area contributed by atoms with E-state index in [1.54, 1.807) is 18.2 Å². The summed E-state index contributed by atoms with van der Waals surface area (Å²) < 4.78 is 6.52. The van der Waals surface area contributed by atoms with Crippen LogP contribution in [0.3, 0.4) is 0 Å². The first-order chi connectivity index (χ1) is 9.22. The van der Waals surface area contributed by atoms with Gasteiger partial charge in [-0.15, -0.1) is 0 Å². The highest BCUT2D eigenvalue weighted by Gasteiger charge is 2.09. The Balaban J connectivity index is 2.00. The number of rotatable bonds is 6. The molecule has 0 spiro atoms. The molecule has 0 radical (unpaired) electrons. The van der Waals surface area contributed by atoms with Gasteiger partial charge in [0.2, 0.25) is 5.91 Å². The fourth-order valence-corrected chi connectivity index (χ4v) is 1.83. The Bertz CT molecular complexity index is 614. The summed E-state index contributed by atoms with van der Waals surface area (Å²) in [5.41, 5.74) is 1.21. The lowest BCUT2D eigenvalue weighted by Crippen LogP contribution is -2.27. The molecule has 0 aliphatic rings. The molecule has 1 aromatic heterocycles. The van der Waals surface area contributed by atoms with Gasteiger partial charge in [-0.1, -0.05) is 12.1 Å². The number of amides is 1. The van der Waals surface area contributed by atoms with Gasteiger partial charge in [0.05, 0.1) is 5.52 Å². The average molecular weight is 264 g/mol. The fourth-order valence-electron chi connectivity index (χ4n) is 1.83. The number of fused-ring (bicyclic) bond motifs is 1. The molecule has 0 atom stereocenters. The topological polar surface area (TPSA) is 84.5 Å². The molecule has 6 heteroatoms. The van der Waals surface area contributed by atoms with E-state index in [2.05, 4.69) is 5.32 Å². The Morgan fingerprint density at radius 1 is 1.37 bits per heavy atom. The summed E-state index contributed by atoms with van der Waals surface area (Å²) in [7, 11) is 0. The van der Waals surface area contributed by atoms with Gasteiger partial charge in [0.25, 0.3) is 0 Å². The van der Waals surface area contributed by atoms with Gasteiger partial charge >= 0.3 is 5.76 Å². The largest absolute Gasteiger partial charge is 0.419 e. The maximum absolute atomic E-state index is 11.6. The zero-order valence-corrected chi connectivity index (χ0v) is 10.5. The van der Waals surface area contributed by atoms with Gasteiger partial charge < -0.3 is 14.8 Å². The van der Waals surface area contributed by atoms with E-state index in [0.29, 0.717) is 24.1 Å². The van der Waals surface area contributed by atoms with Crippen molar-refractivity contribution >= 4 is 17.0 Å². The number of nitrogens with zero attached hydrogens (tertiary/aromatic N) is 1. The molecule has 1 amide bonds. The van der Waals surface area contributed by atoms with Crippen LogP contribution in [0.4, 0.5) is 0 Å². The Morgan fingerprint density at radius 2 is 2.16 bits per heavy atom. The first-order valence-electron chi connectivity index (χ1n) is 6.18. The molecular formula is C13H16N2O4. The maximum Gasteiger partial charge on any atom is 0.419 e. The molecule has 102 valence electrons. The Kier molecular flexibility index (Phi) is 4.35. The van der Waals surface area contributed by atoms with E-state index in [0.717, 1.165) is 0 Å². The number of aliphatic hydroxyl groups is 1. The third-order valence-electron chi connectivity index (χ3n) is 2.79. The Hall–Kier alpha value is -2.08. The van der Waals surface area contributed by atoms with Gasteiger partial charge in [0, 0.05) is 26.1 Å². The van der Waals surface area contributed by atoms with E-state index >= 15 is 0 Å². The molecule has 0 saturated heterocycles. The van der Waals surface area contributed by atoms with E-state index in [1.807, 2.05) is 6.07 Å². The number of oxazole rings is 1. The molecule has 2 rings (SSSR count). The van der Waals surface area contributed by atoms with Crippen LogP contribution in [-0.2, 0) is 11.3 Å². The molecule has 1 heterocycles. The van der Waals surface area contributed by atoms with E-state index < -0.39 is 5.76 Å². The van der Waals surface area contributed by atoms with E-state index in [4.69, 9.17) is 9.52 Å². The summed E-state index contributed by atoms with van der Waals surface area (Å²) in [6, 6.07) is 7.10. The van der Waals surface area contributed by atoms with Crippen molar-refractivity contribution in [3.05, 3.63) is 34.8 Å². The predicted octanol–water partition coefficient (Wildman–Crippen LogP) is 0.483. The van der Waals surface area contributed by atoms with Crippen LogP contribution in [0.25, 0.3) is 11.1 Å². The molecule has 6 nitrogen and oxygen atoms in total. The second kappa shape index (κ2) is 6.19. The van der Waals surface area contributed by atoms with Crippen molar-refractivity contribution in [1.29, 1.82) is 0 Å². The molecule has 2 N–H and O–H groups in total. The fraction of sp³-hybridized carbons (Fsp3) is 0.385. The molecule has 0 aliphatic carbocycles. The van der Waals surface area contributed by atoms with Gasteiger partial charge in [0.15, 0.2) is 5.58 Å². The summed E-state index contributed by atoms with van der Waals surface area (Å²) in [5.74, 6) is -0.602. The summed E-state index contributed by atoms with van der Waals surface area (Å²) >= 11 is 0. The van der Waals surface area contributed by atoms with Crippen LogP contribution >= 0.6 is 0 Å². The standard InChI is InChI=1S/C13H16N2O4/c16-9-3-7-14-12(17)6-8-15-10-4-1-2-5-11(10)19-13(15)18/h1-2,4-5,16H,3,6-9H2,(H,14,17). The van der Waals surface area contributed by atoms with Crippen molar-refractivity contribution in [2.24, 2.45) is 0 Å². The van der Waals surface area contributed by atoms with Crippen molar-refractivity contribution in [3.8, 4) is 0 Å². The quantitative estimate of drug-likeness (QED) is 0.743. The van der Waals surface area contributed by atoms with Crippen LogP contribution in [0.2, 0.25) is 0 Å². The highest BCUT2D eigenvalue weighted by Crippen LogP contribution is 2.11. The van der Waals surface area contributed by atoms with Crippen LogP contribution in [0.15, 0.2) is 33.5 Å². The van der Waals surface area contributed by atoms with Crippen molar-refractivity contribution in [2.75, 3.05) is 13.2 Å². The van der Waals surface area contributed by atoms with E-state index in [-0.39, 0.29) is 25.5 Å². The minimum atomic E-state index is -0.454. The van der Waals surface area contributed by atoms with Crippen LogP contribution in [0, 0.1) is 0 Å². The minimum Gasteiger partial charge on any atom is -0.408 e. The number of hydrogen-bond donors (Lipinski definition) is 2. The Morgan fingerprint density at radius 3 is 2.95 bits per heavy atom. The van der Waals surface area contributed by atoms with Gasteiger partial charge in [-0.3, -0.25) is 9.36 Å². The number of carbonyl (C=O) groups excluding carboxylic acids is 1. The average Bonchev–Trinajstić information content (AvgIpc) is 2.72. The highest BCUT2D eigenvalue weighted by molar-refractivity contribution is 5.76. The number of nitrogens with one attached hydrogen (secondary N) is 1. The molecule has 0 aliphatic heterocycles. The number of aliphatic hydroxyl groups excluding tert-OH is 1. The third kappa shape index (κ3) is 3.23. The molecule has 0 saturated carbocycles. The van der Waals surface area contributed by atoms with E-state index in [1.165, 1.54) is 4.57 Å². The first-order valence-corrected chi connectivity index (χ1v) is 6.18. The number of hydrogen-bond acceptors (Lipinski definition) is 4. The molecule has 0 fully saturated rings. The minimum absolute atomic E-state index is 0.0477. The van der Waals surface area contributed by atoms with E-state index in [9.17, 15) is 9.59 Å². The monoisotopic (exact) mass is 264 g/mol. The number of aromatic nitrogens is 1. The van der Waals surface area contributed by atoms with Gasteiger partial charge in [0.1, 0.15) is 0 Å². The van der Waals surface area contributed by atoms with Crippen molar-refractivity contribution in [1.82, 2.24) is 9.88 Å². The zero-order chi connectivity index (χ0) is 13.7. The van der Waals surface area contributed by atoms with Gasteiger partial charge in [-0.05, 0) is 18.6 Å². The Labute approximate surface area is 109 Å². The number of para-hydroxylation sites is 2. The smallest absolute Gasteiger partial charge is 0.408 e. The van der Waals surface area contributed by atoms with Crippen LogP contribution in [-0.4, -0.2) is 28.7 Å². The number of aryl methyl sites for hydroxylation is 1. The molecule has 0 bridgehead atoms. The van der Waals surface area contributed by atoms with Gasteiger partial charge in [-0.25, -0.2) is 4.79 Å². The summed E-state index contributed by atoms with van der Waals surface area (Å²) in [6.45, 7) is 0.767. The second-order valence-corrected chi connectivity index (χ2v) is 4.16. The van der Waals surface area contributed by atoms with Gasteiger partial charge in [-0.2, -0.15) is 0 Å².